The Balaban J connectivity index is 0. The fraction of sp³-hybridized carbons (Fsp3) is 0.250. The average molecular weight is 189 g/mol. The average Bonchev–Trinajstić information content (AvgIpc) is 1.60. The van der Waals surface area contributed by atoms with Crippen molar-refractivity contribution in [3.8, 4) is 0 Å². The molecule has 0 aromatic carbocycles. The molecule has 5 nitrogen and oxygen atoms in total. The molecule has 0 bridgehead atoms. The summed E-state index contributed by atoms with van der Waals surface area (Å²) < 4.78 is 28.2. The summed E-state index contributed by atoms with van der Waals surface area (Å²) in [4.78, 5) is 10.1. The summed E-state index contributed by atoms with van der Waals surface area (Å²) >= 11 is 0. The number of hydrogen-bond donors (Lipinski definition) is 2. The van der Waals surface area contributed by atoms with Gasteiger partial charge in [0.15, 0.2) is 0 Å². The third-order valence-electron chi connectivity index (χ3n) is 0.705. The Morgan fingerprint density at radius 3 is 2.00 bits per heavy atom. The number of carbonyl (C=O) groups excluding carboxylic acids is 1. The molecule has 0 aliphatic rings. The zero-order valence-electron chi connectivity index (χ0n) is 5.07. The standard InChI is InChI=1S/C4H7NO4S.Na.H/c1-3(4(5)6)2-10(7,8)9;;/h1-2H2,(H2,5,6)(H,7,8,9);;. The van der Waals surface area contributed by atoms with Crippen molar-refractivity contribution in [3.05, 3.63) is 12.2 Å². The first-order valence-corrected chi connectivity index (χ1v) is 3.86. The van der Waals surface area contributed by atoms with Crippen LogP contribution in [0.5, 0.6) is 0 Å². The van der Waals surface area contributed by atoms with Crippen LogP contribution in [0.4, 0.5) is 0 Å². The Kier molecular flexibility index (Phi) is 6.09. The van der Waals surface area contributed by atoms with E-state index in [4.69, 9.17) is 4.55 Å². The van der Waals surface area contributed by atoms with Gasteiger partial charge in [-0.3, -0.25) is 9.35 Å². The monoisotopic (exact) mass is 189 g/mol. The molecule has 3 N–H and O–H groups in total. The van der Waals surface area contributed by atoms with Crippen LogP contribution in [-0.4, -0.2) is 54.2 Å². The van der Waals surface area contributed by atoms with E-state index in [1.54, 1.807) is 0 Å². The van der Waals surface area contributed by atoms with Gasteiger partial charge in [0, 0.05) is 5.57 Å². The molecular weight excluding hydrogens is 181 g/mol. The van der Waals surface area contributed by atoms with Gasteiger partial charge in [0.25, 0.3) is 10.1 Å². The molecule has 0 rings (SSSR count). The van der Waals surface area contributed by atoms with Gasteiger partial charge in [-0.2, -0.15) is 8.42 Å². The summed E-state index contributed by atoms with van der Waals surface area (Å²) in [7, 11) is -4.17. The van der Waals surface area contributed by atoms with Crippen molar-refractivity contribution in [2.45, 2.75) is 0 Å². The third-order valence-corrected chi connectivity index (χ3v) is 1.42. The van der Waals surface area contributed by atoms with Gasteiger partial charge in [0.05, 0.1) is 0 Å². The number of amides is 1. The van der Waals surface area contributed by atoms with E-state index in [-0.39, 0.29) is 35.1 Å². The first-order valence-electron chi connectivity index (χ1n) is 2.25. The molecule has 0 atom stereocenters. The van der Waals surface area contributed by atoms with Gasteiger partial charge in [-0.05, 0) is 0 Å². The van der Waals surface area contributed by atoms with E-state index in [2.05, 4.69) is 12.3 Å². The topological polar surface area (TPSA) is 97.5 Å². The predicted molar refractivity (Wildman–Crippen MR) is 41.9 cm³/mol. The van der Waals surface area contributed by atoms with E-state index in [1.165, 1.54) is 0 Å². The molecule has 0 aliphatic carbocycles. The minimum atomic E-state index is -4.17. The van der Waals surface area contributed by atoms with E-state index < -0.39 is 21.8 Å². The van der Waals surface area contributed by atoms with Crippen LogP contribution in [0.1, 0.15) is 0 Å². The molecule has 0 saturated carbocycles. The van der Waals surface area contributed by atoms with Crippen molar-refractivity contribution >= 4 is 45.6 Å². The molecule has 7 heteroatoms. The van der Waals surface area contributed by atoms with Crippen LogP contribution in [0.15, 0.2) is 12.2 Å². The van der Waals surface area contributed by atoms with Crippen LogP contribution < -0.4 is 5.73 Å². The summed E-state index contributed by atoms with van der Waals surface area (Å²) in [6, 6.07) is 0. The third kappa shape index (κ3) is 8.02. The number of rotatable bonds is 3. The molecule has 0 aromatic rings. The fourth-order valence-corrected chi connectivity index (χ4v) is 0.874. The first-order chi connectivity index (χ1) is 4.33. The van der Waals surface area contributed by atoms with Gasteiger partial charge in [0.1, 0.15) is 5.75 Å². The van der Waals surface area contributed by atoms with E-state index in [9.17, 15) is 13.2 Å². The molecule has 11 heavy (non-hydrogen) atoms. The Morgan fingerprint density at radius 2 is 1.91 bits per heavy atom. The van der Waals surface area contributed by atoms with Gasteiger partial charge < -0.3 is 5.73 Å². The summed E-state index contributed by atoms with van der Waals surface area (Å²) in [6.45, 7) is 3.03. The van der Waals surface area contributed by atoms with Crippen LogP contribution in [-0.2, 0) is 14.9 Å². The van der Waals surface area contributed by atoms with Gasteiger partial charge in [0.2, 0.25) is 5.91 Å². The second kappa shape index (κ2) is 4.89. The summed E-state index contributed by atoms with van der Waals surface area (Å²) in [5.41, 5.74) is 4.30. The van der Waals surface area contributed by atoms with Crippen molar-refractivity contribution in [1.82, 2.24) is 0 Å². The quantitative estimate of drug-likeness (QED) is 0.313. The second-order valence-corrected chi connectivity index (χ2v) is 3.15. The summed E-state index contributed by atoms with van der Waals surface area (Å²) in [5, 5.41) is 0. The Morgan fingerprint density at radius 1 is 1.55 bits per heavy atom. The SMILES string of the molecule is C=C(CS(=O)(=O)O)C(N)=O.[NaH]. The molecule has 0 aromatic heterocycles. The normalized spacial score (nSPS) is 9.91. The van der Waals surface area contributed by atoms with Crippen LogP contribution in [0.3, 0.4) is 0 Å². The van der Waals surface area contributed by atoms with Crippen LogP contribution in [0.25, 0.3) is 0 Å². The van der Waals surface area contributed by atoms with E-state index in [1.807, 2.05) is 0 Å². The zero-order chi connectivity index (χ0) is 8.36. The Bertz CT molecular complexity index is 257. The molecule has 0 heterocycles. The van der Waals surface area contributed by atoms with E-state index >= 15 is 0 Å². The maximum absolute atomic E-state index is 10.1. The minimum absolute atomic E-state index is 0. The molecule has 0 fully saturated rings. The molecule has 0 unspecified atom stereocenters. The molecular formula is C4H8NNaO4S. The molecule has 0 radical (unpaired) electrons. The number of hydrogen-bond acceptors (Lipinski definition) is 3. The number of nitrogens with two attached hydrogens (primary N) is 1. The number of carbonyl (C=O) groups is 1. The van der Waals surface area contributed by atoms with E-state index in [0.29, 0.717) is 0 Å². The molecule has 1 amide bonds. The molecule has 60 valence electrons. The van der Waals surface area contributed by atoms with E-state index in [0.717, 1.165) is 0 Å². The summed E-state index contributed by atoms with van der Waals surface area (Å²) in [6.07, 6.45) is 0. The second-order valence-electron chi connectivity index (χ2n) is 1.69. The van der Waals surface area contributed by atoms with Crippen molar-refractivity contribution in [2.75, 3.05) is 5.75 Å². The number of primary amides is 1. The van der Waals surface area contributed by atoms with Crippen LogP contribution >= 0.6 is 0 Å². The van der Waals surface area contributed by atoms with Gasteiger partial charge in [-0.15, -0.1) is 0 Å². The van der Waals surface area contributed by atoms with Crippen molar-refractivity contribution in [1.29, 1.82) is 0 Å². The Hall–Kier alpha value is 0.120. The maximum atomic E-state index is 10.1. The van der Waals surface area contributed by atoms with Gasteiger partial charge in [-0.1, -0.05) is 6.58 Å². The molecule has 0 saturated heterocycles. The van der Waals surface area contributed by atoms with Crippen LogP contribution in [0.2, 0.25) is 0 Å². The van der Waals surface area contributed by atoms with Crippen LogP contribution in [0, 0.1) is 0 Å². The zero-order valence-corrected chi connectivity index (χ0v) is 5.89. The molecule has 0 spiro atoms. The van der Waals surface area contributed by atoms with Gasteiger partial charge in [-0.25, -0.2) is 0 Å². The fourth-order valence-electron chi connectivity index (χ4n) is 0.291. The van der Waals surface area contributed by atoms with Gasteiger partial charge >= 0.3 is 29.6 Å². The van der Waals surface area contributed by atoms with Crippen molar-refractivity contribution in [2.24, 2.45) is 5.73 Å². The molecule has 0 aliphatic heterocycles. The van der Waals surface area contributed by atoms with Crippen molar-refractivity contribution in [3.63, 3.8) is 0 Å². The van der Waals surface area contributed by atoms with Crippen molar-refractivity contribution < 1.29 is 17.8 Å². The first kappa shape index (κ1) is 13.7. The predicted octanol–water partition coefficient (Wildman–Crippen LogP) is -1.73. The Labute approximate surface area is 86.7 Å². The summed E-state index contributed by atoms with van der Waals surface area (Å²) in [5.74, 6) is -1.74.